The highest BCUT2D eigenvalue weighted by Gasteiger charge is 2.23. The Kier molecular flexibility index (Phi) is 7.53. The van der Waals surface area contributed by atoms with Gasteiger partial charge in [0.05, 0.1) is 16.3 Å². The Morgan fingerprint density at radius 1 is 1.04 bits per heavy atom. The molecule has 8 heteroatoms. The second kappa shape index (κ2) is 9.66. The minimum absolute atomic E-state index is 0.0905. The molecule has 0 bridgehead atoms. The summed E-state index contributed by atoms with van der Waals surface area (Å²) in [5.41, 5.74) is 1.08. The van der Waals surface area contributed by atoms with Crippen LogP contribution in [0, 0.1) is 5.82 Å². The van der Waals surface area contributed by atoms with Crippen molar-refractivity contribution >= 4 is 27.3 Å². The van der Waals surface area contributed by atoms with Crippen LogP contribution in [0.15, 0.2) is 47.4 Å². The first-order chi connectivity index (χ1) is 13.3. The van der Waals surface area contributed by atoms with Crippen LogP contribution >= 0.6 is 0 Å². The first-order valence-corrected chi connectivity index (χ1v) is 10.7. The van der Waals surface area contributed by atoms with Gasteiger partial charge in [-0.2, -0.15) is 4.31 Å². The molecule has 2 rings (SSSR count). The zero-order valence-corrected chi connectivity index (χ0v) is 17.1. The molecule has 0 aliphatic carbocycles. The molecule has 0 heterocycles. The van der Waals surface area contributed by atoms with Crippen molar-refractivity contribution in [2.75, 3.05) is 30.3 Å². The fourth-order valence-corrected chi connectivity index (χ4v) is 4.22. The van der Waals surface area contributed by atoms with E-state index in [9.17, 15) is 17.6 Å². The minimum Gasteiger partial charge on any atom is -0.383 e. The van der Waals surface area contributed by atoms with Crippen LogP contribution in [0.2, 0.25) is 0 Å². The molecule has 2 aromatic carbocycles. The third-order valence-electron chi connectivity index (χ3n) is 4.23. The summed E-state index contributed by atoms with van der Waals surface area (Å²) < 4.78 is 40.4. The summed E-state index contributed by atoms with van der Waals surface area (Å²) in [4.78, 5) is 12.6. The van der Waals surface area contributed by atoms with E-state index in [4.69, 9.17) is 0 Å². The van der Waals surface area contributed by atoms with Gasteiger partial charge in [-0.25, -0.2) is 12.8 Å². The molecule has 0 spiro atoms. The number of nitrogens with one attached hydrogen (secondary N) is 2. The van der Waals surface area contributed by atoms with Crippen LogP contribution in [0.3, 0.4) is 0 Å². The lowest BCUT2D eigenvalue weighted by atomic mass is 10.2. The van der Waals surface area contributed by atoms with Gasteiger partial charge in [0.1, 0.15) is 5.82 Å². The van der Waals surface area contributed by atoms with Crippen LogP contribution in [0.5, 0.6) is 0 Å². The normalized spacial score (nSPS) is 11.5. The molecule has 0 radical (unpaired) electrons. The van der Waals surface area contributed by atoms with Crippen molar-refractivity contribution in [1.82, 2.24) is 4.31 Å². The first kappa shape index (κ1) is 21.8. The van der Waals surface area contributed by atoms with Crippen LogP contribution in [-0.4, -0.2) is 38.3 Å². The topological polar surface area (TPSA) is 78.5 Å². The Labute approximate surface area is 165 Å². The highest BCUT2D eigenvalue weighted by Crippen LogP contribution is 2.28. The van der Waals surface area contributed by atoms with E-state index in [1.54, 1.807) is 19.9 Å². The molecule has 0 unspecified atom stereocenters. The SMILES string of the molecule is CCCNc1ccc(S(=O)(=O)N(CC)CC)cc1NC(=O)c1cccc(F)c1. The Morgan fingerprint density at radius 2 is 1.75 bits per heavy atom. The summed E-state index contributed by atoms with van der Waals surface area (Å²) in [6, 6.07) is 9.91. The molecule has 0 saturated heterocycles. The van der Waals surface area contributed by atoms with Crippen LogP contribution in [0.4, 0.5) is 15.8 Å². The van der Waals surface area contributed by atoms with Gasteiger partial charge >= 0.3 is 0 Å². The second-order valence-electron chi connectivity index (χ2n) is 6.19. The number of benzene rings is 2. The van der Waals surface area contributed by atoms with E-state index in [-0.39, 0.29) is 10.5 Å². The van der Waals surface area contributed by atoms with Gasteiger partial charge < -0.3 is 10.6 Å². The zero-order chi connectivity index (χ0) is 20.7. The number of halogens is 1. The van der Waals surface area contributed by atoms with Crippen LogP contribution in [-0.2, 0) is 10.0 Å². The number of rotatable bonds is 9. The van der Waals surface area contributed by atoms with E-state index < -0.39 is 21.7 Å². The number of hydrogen-bond donors (Lipinski definition) is 2. The molecule has 2 N–H and O–H groups in total. The van der Waals surface area contributed by atoms with Crippen molar-refractivity contribution in [2.45, 2.75) is 32.1 Å². The summed E-state index contributed by atoms with van der Waals surface area (Å²) in [7, 11) is -3.67. The predicted molar refractivity (Wildman–Crippen MR) is 110 cm³/mol. The third kappa shape index (κ3) is 5.08. The van der Waals surface area contributed by atoms with Crippen molar-refractivity contribution in [3.05, 3.63) is 53.8 Å². The van der Waals surface area contributed by atoms with Gasteiger partial charge in [0, 0.05) is 25.2 Å². The maximum Gasteiger partial charge on any atom is 0.255 e. The van der Waals surface area contributed by atoms with E-state index in [1.165, 1.54) is 34.6 Å². The Hall–Kier alpha value is -2.45. The van der Waals surface area contributed by atoms with E-state index in [0.29, 0.717) is 31.0 Å². The van der Waals surface area contributed by atoms with Crippen molar-refractivity contribution < 1.29 is 17.6 Å². The lowest BCUT2D eigenvalue weighted by Crippen LogP contribution is -2.30. The average molecular weight is 408 g/mol. The molecule has 6 nitrogen and oxygen atoms in total. The molecule has 0 fully saturated rings. The van der Waals surface area contributed by atoms with Gasteiger partial charge in [-0.1, -0.05) is 26.8 Å². The van der Waals surface area contributed by atoms with Gasteiger partial charge in [0.15, 0.2) is 0 Å². The van der Waals surface area contributed by atoms with Gasteiger partial charge in [0.25, 0.3) is 5.91 Å². The summed E-state index contributed by atoms with van der Waals surface area (Å²) in [5.74, 6) is -1.04. The maximum absolute atomic E-state index is 13.4. The average Bonchev–Trinajstić information content (AvgIpc) is 2.67. The second-order valence-corrected chi connectivity index (χ2v) is 8.13. The predicted octanol–water partition coefficient (Wildman–Crippen LogP) is 3.93. The van der Waals surface area contributed by atoms with E-state index >= 15 is 0 Å². The number of nitrogens with zero attached hydrogens (tertiary/aromatic N) is 1. The van der Waals surface area contributed by atoms with Gasteiger partial charge in [-0.05, 0) is 42.8 Å². The Morgan fingerprint density at radius 3 is 2.36 bits per heavy atom. The fourth-order valence-electron chi connectivity index (χ4n) is 2.74. The highest BCUT2D eigenvalue weighted by atomic mass is 32.2. The van der Waals surface area contributed by atoms with Crippen molar-refractivity contribution in [2.24, 2.45) is 0 Å². The Bertz CT molecular complexity index is 928. The standard InChI is InChI=1S/C20H26FN3O3S/c1-4-12-22-18-11-10-17(28(26,27)24(5-2)6-3)14-19(18)23-20(25)15-8-7-9-16(21)13-15/h7-11,13-14,22H,4-6,12H2,1-3H3,(H,23,25). The van der Waals surface area contributed by atoms with Gasteiger partial charge in [-0.3, -0.25) is 4.79 Å². The molecular formula is C20H26FN3O3S. The molecule has 0 aliphatic rings. The number of sulfonamides is 1. The van der Waals surface area contributed by atoms with Crippen molar-refractivity contribution in [1.29, 1.82) is 0 Å². The molecule has 0 atom stereocenters. The zero-order valence-electron chi connectivity index (χ0n) is 16.3. The van der Waals surface area contributed by atoms with Gasteiger partial charge in [0.2, 0.25) is 10.0 Å². The lowest BCUT2D eigenvalue weighted by molar-refractivity contribution is 0.102. The van der Waals surface area contributed by atoms with Crippen LogP contribution < -0.4 is 10.6 Å². The van der Waals surface area contributed by atoms with E-state index in [0.717, 1.165) is 12.5 Å². The highest BCUT2D eigenvalue weighted by molar-refractivity contribution is 7.89. The summed E-state index contributed by atoms with van der Waals surface area (Å²) >= 11 is 0. The monoisotopic (exact) mass is 407 g/mol. The van der Waals surface area contributed by atoms with Crippen LogP contribution in [0.25, 0.3) is 0 Å². The molecule has 28 heavy (non-hydrogen) atoms. The molecule has 0 aliphatic heterocycles. The molecular weight excluding hydrogens is 381 g/mol. The minimum atomic E-state index is -3.67. The molecule has 1 amide bonds. The molecule has 2 aromatic rings. The van der Waals surface area contributed by atoms with Gasteiger partial charge in [-0.15, -0.1) is 0 Å². The number of hydrogen-bond acceptors (Lipinski definition) is 4. The Balaban J connectivity index is 2.42. The van der Waals surface area contributed by atoms with Crippen molar-refractivity contribution in [3.8, 4) is 0 Å². The number of anilines is 2. The third-order valence-corrected chi connectivity index (χ3v) is 6.28. The van der Waals surface area contributed by atoms with E-state index in [1.807, 2.05) is 6.92 Å². The number of carbonyl (C=O) groups excluding carboxylic acids is 1. The smallest absolute Gasteiger partial charge is 0.255 e. The van der Waals surface area contributed by atoms with Crippen molar-refractivity contribution in [3.63, 3.8) is 0 Å². The summed E-state index contributed by atoms with van der Waals surface area (Å²) in [5, 5.41) is 5.87. The number of carbonyl (C=O) groups is 1. The number of amides is 1. The lowest BCUT2D eigenvalue weighted by Gasteiger charge is -2.20. The first-order valence-electron chi connectivity index (χ1n) is 9.28. The maximum atomic E-state index is 13.4. The fraction of sp³-hybridized carbons (Fsp3) is 0.350. The summed E-state index contributed by atoms with van der Waals surface area (Å²) in [6.45, 7) is 6.89. The van der Waals surface area contributed by atoms with Crippen LogP contribution in [0.1, 0.15) is 37.6 Å². The molecule has 152 valence electrons. The quantitative estimate of drug-likeness (QED) is 0.660. The molecule has 0 saturated carbocycles. The van der Waals surface area contributed by atoms with E-state index in [2.05, 4.69) is 10.6 Å². The molecule has 0 aromatic heterocycles. The largest absolute Gasteiger partial charge is 0.383 e. The summed E-state index contributed by atoms with van der Waals surface area (Å²) in [6.07, 6.45) is 0.858.